The van der Waals surface area contributed by atoms with Gasteiger partial charge in [-0.15, -0.1) is 0 Å². The molecule has 1 amide bonds. The van der Waals surface area contributed by atoms with E-state index in [1.54, 1.807) is 51.1 Å². The molecule has 0 fully saturated rings. The first-order valence-corrected chi connectivity index (χ1v) is 11.2. The van der Waals surface area contributed by atoms with Crippen LogP contribution in [0.15, 0.2) is 51.3 Å². The van der Waals surface area contributed by atoms with Crippen molar-refractivity contribution in [3.63, 3.8) is 0 Å². The van der Waals surface area contributed by atoms with Crippen molar-refractivity contribution in [2.75, 3.05) is 17.7 Å². The lowest BCUT2D eigenvalue weighted by Crippen LogP contribution is -2.37. The second-order valence-electron chi connectivity index (χ2n) is 7.01. The third-order valence-corrected chi connectivity index (χ3v) is 5.74. The normalized spacial score (nSPS) is 12.5. The van der Waals surface area contributed by atoms with Crippen LogP contribution in [0.1, 0.15) is 20.8 Å². The van der Waals surface area contributed by atoms with Crippen LogP contribution in [0.2, 0.25) is 0 Å². The monoisotopic (exact) mass is 473 g/mol. The molecule has 2 aromatic carbocycles. The second-order valence-corrected chi connectivity index (χ2v) is 10.1. The molecule has 0 N–H and O–H groups in total. The summed E-state index contributed by atoms with van der Waals surface area (Å²) in [7, 11) is -3.35. The Morgan fingerprint density at radius 2 is 1.89 bits per heavy atom. The van der Waals surface area contributed by atoms with Gasteiger partial charge in [0.15, 0.2) is 9.84 Å². The van der Waals surface area contributed by atoms with Gasteiger partial charge in [-0.05, 0) is 65.7 Å². The Hall–Kier alpha value is -1.57. The first-order valence-electron chi connectivity index (χ1n) is 8.12. The average Bonchev–Trinajstić information content (AvgIpc) is 2.54. The number of sulfone groups is 1. The maximum Gasteiger partial charge on any atom is 0.415 e. The minimum absolute atomic E-state index is 0.203. The molecule has 2 rings (SSSR count). The van der Waals surface area contributed by atoms with E-state index in [0.717, 1.165) is 11.6 Å². The summed E-state index contributed by atoms with van der Waals surface area (Å²) in [6.45, 7) is 5.56. The molecule has 0 aliphatic carbocycles. The molecule has 146 valence electrons. The van der Waals surface area contributed by atoms with E-state index in [9.17, 15) is 13.2 Å². The van der Waals surface area contributed by atoms with E-state index in [4.69, 9.17) is 16.3 Å². The maximum absolute atomic E-state index is 12.7. The third-order valence-electron chi connectivity index (χ3n) is 3.62. The molecule has 27 heavy (non-hydrogen) atoms. The molecule has 2 aromatic rings. The van der Waals surface area contributed by atoms with E-state index >= 15 is 0 Å². The number of hydrogen-bond donors (Lipinski definition) is 0. The lowest BCUT2D eigenvalue weighted by molar-refractivity contribution is 0.0584. The summed E-state index contributed by atoms with van der Waals surface area (Å²) in [5, 5.41) is 1.52. The van der Waals surface area contributed by atoms with Crippen LogP contribution in [0, 0.1) is 0 Å². The van der Waals surface area contributed by atoms with Crippen molar-refractivity contribution in [3.05, 3.63) is 46.4 Å². The maximum atomic E-state index is 12.7. The number of nitrogens with zero attached hydrogens (tertiary/aromatic N) is 1. The van der Waals surface area contributed by atoms with Gasteiger partial charge in [0.1, 0.15) is 5.60 Å². The summed E-state index contributed by atoms with van der Waals surface area (Å²) in [5.74, 6) is 0. The minimum Gasteiger partial charge on any atom is -0.443 e. The number of benzene rings is 2. The van der Waals surface area contributed by atoms with E-state index in [0.29, 0.717) is 15.5 Å². The topological polar surface area (TPSA) is 63.7 Å². The van der Waals surface area contributed by atoms with Crippen LogP contribution in [0.5, 0.6) is 0 Å². The molecule has 5 nitrogen and oxygen atoms in total. The van der Waals surface area contributed by atoms with Crippen molar-refractivity contribution in [1.29, 1.82) is 0 Å². The van der Waals surface area contributed by atoms with Gasteiger partial charge >= 0.3 is 6.09 Å². The van der Waals surface area contributed by atoms with E-state index in [1.165, 1.54) is 10.4 Å². The predicted octanol–water partition coefficient (Wildman–Crippen LogP) is 5.50. The van der Waals surface area contributed by atoms with Crippen LogP contribution in [0.25, 0.3) is 10.8 Å². The lowest BCUT2D eigenvalue weighted by atomic mass is 10.1. The van der Waals surface area contributed by atoms with Crippen molar-refractivity contribution in [1.82, 2.24) is 0 Å². The smallest absolute Gasteiger partial charge is 0.415 e. The highest BCUT2D eigenvalue weighted by Crippen LogP contribution is 2.35. The minimum atomic E-state index is -3.35. The average molecular weight is 475 g/mol. The zero-order chi connectivity index (χ0) is 20.4. The van der Waals surface area contributed by atoms with E-state index < -0.39 is 21.5 Å². The molecular weight excluding hydrogens is 454 g/mol. The van der Waals surface area contributed by atoms with Gasteiger partial charge in [-0.25, -0.2) is 13.2 Å². The molecule has 0 radical (unpaired) electrons. The fourth-order valence-corrected chi connectivity index (χ4v) is 3.84. The van der Waals surface area contributed by atoms with Crippen LogP contribution in [-0.4, -0.2) is 32.9 Å². The Bertz CT molecular complexity index is 997. The largest absolute Gasteiger partial charge is 0.443 e. The summed E-state index contributed by atoms with van der Waals surface area (Å²) < 4.78 is 29.9. The molecule has 0 saturated carbocycles. The van der Waals surface area contributed by atoms with Gasteiger partial charge in [0.05, 0.1) is 10.6 Å². The van der Waals surface area contributed by atoms with Crippen molar-refractivity contribution in [3.8, 4) is 0 Å². The number of hydrogen-bond acceptors (Lipinski definition) is 4. The molecule has 0 heterocycles. The summed E-state index contributed by atoms with van der Waals surface area (Å²) in [6, 6.07) is 8.48. The van der Waals surface area contributed by atoms with E-state index in [2.05, 4.69) is 15.9 Å². The Balaban J connectivity index is 2.61. The molecular formula is C19H21BrClNO4S. The van der Waals surface area contributed by atoms with Crippen LogP contribution < -0.4 is 4.90 Å². The lowest BCUT2D eigenvalue weighted by Gasteiger charge is -2.27. The summed E-state index contributed by atoms with van der Waals surface area (Å²) in [6.07, 6.45) is 2.25. The van der Waals surface area contributed by atoms with Crippen LogP contribution in [-0.2, 0) is 14.6 Å². The highest BCUT2D eigenvalue weighted by Gasteiger charge is 2.25. The van der Waals surface area contributed by atoms with Gasteiger partial charge in [0.2, 0.25) is 0 Å². The molecule has 0 spiro atoms. The first-order chi connectivity index (χ1) is 12.4. The van der Waals surface area contributed by atoms with E-state index in [-0.39, 0.29) is 11.4 Å². The predicted molar refractivity (Wildman–Crippen MR) is 113 cm³/mol. The second kappa shape index (κ2) is 8.20. The Labute approximate surface area is 173 Å². The molecule has 0 aliphatic heterocycles. The number of carbonyl (C=O) groups excluding carboxylic acids is 1. The molecule has 0 atom stereocenters. The van der Waals surface area contributed by atoms with Crippen molar-refractivity contribution < 1.29 is 17.9 Å². The summed E-state index contributed by atoms with van der Waals surface area (Å²) in [4.78, 5) is 14.3. The Morgan fingerprint density at radius 3 is 2.44 bits per heavy atom. The zero-order valence-corrected chi connectivity index (χ0v) is 18.7. The SMILES string of the molecule is CC(C)(C)OC(=O)N(C/C=C/Cl)c1ccc2ccc(S(C)(=O)=O)cc2c1Br. The first kappa shape index (κ1) is 21.7. The van der Waals surface area contributed by atoms with Crippen molar-refractivity contribution >= 4 is 59.9 Å². The Morgan fingerprint density at radius 1 is 1.26 bits per heavy atom. The molecule has 0 aliphatic rings. The number of halogens is 2. The summed E-state index contributed by atoms with van der Waals surface area (Å²) in [5.41, 5.74) is 1.22. The number of fused-ring (bicyclic) bond motifs is 1. The van der Waals surface area contributed by atoms with Gasteiger partial charge in [-0.2, -0.15) is 0 Å². The summed E-state index contributed by atoms with van der Waals surface area (Å²) >= 11 is 9.16. The van der Waals surface area contributed by atoms with Crippen molar-refractivity contribution in [2.24, 2.45) is 0 Å². The number of carbonyl (C=O) groups is 1. The number of anilines is 1. The molecule has 8 heteroatoms. The molecule has 0 aromatic heterocycles. The zero-order valence-electron chi connectivity index (χ0n) is 15.5. The van der Waals surface area contributed by atoms with Gasteiger partial charge < -0.3 is 4.74 Å². The van der Waals surface area contributed by atoms with Gasteiger partial charge in [-0.3, -0.25) is 4.90 Å². The van der Waals surface area contributed by atoms with Crippen molar-refractivity contribution in [2.45, 2.75) is 31.3 Å². The standard InChI is InChI=1S/C19H21BrClNO4S/c1-19(2,3)26-18(23)22(11-5-10-21)16-9-7-13-6-8-14(27(4,24)25)12-15(13)17(16)20/h5-10,12H,11H2,1-4H3/b10-5+. The number of ether oxygens (including phenoxy) is 1. The van der Waals surface area contributed by atoms with Crippen LogP contribution in [0.4, 0.5) is 10.5 Å². The van der Waals surface area contributed by atoms with Gasteiger partial charge in [0, 0.05) is 22.8 Å². The third kappa shape index (κ3) is 5.46. The molecule has 0 saturated heterocycles. The number of rotatable bonds is 4. The fourth-order valence-electron chi connectivity index (χ4n) is 2.42. The molecule has 0 bridgehead atoms. The van der Waals surface area contributed by atoms with Crippen LogP contribution >= 0.6 is 27.5 Å². The van der Waals surface area contributed by atoms with Gasteiger partial charge in [0.25, 0.3) is 0 Å². The highest BCUT2D eigenvalue weighted by atomic mass is 79.9. The highest BCUT2D eigenvalue weighted by molar-refractivity contribution is 9.10. The fraction of sp³-hybridized carbons (Fsp3) is 0.316. The van der Waals surface area contributed by atoms with Gasteiger partial charge in [-0.1, -0.05) is 29.8 Å². The number of amides is 1. The Kier molecular flexibility index (Phi) is 6.60. The quantitative estimate of drug-likeness (QED) is 0.587. The van der Waals surface area contributed by atoms with Crippen LogP contribution in [0.3, 0.4) is 0 Å². The molecule has 0 unspecified atom stereocenters. The van der Waals surface area contributed by atoms with E-state index in [1.807, 2.05) is 6.07 Å².